The van der Waals surface area contributed by atoms with E-state index in [4.69, 9.17) is 5.41 Å². The van der Waals surface area contributed by atoms with Crippen LogP contribution in [0.3, 0.4) is 0 Å². The highest BCUT2D eigenvalue weighted by Gasteiger charge is 2.16. The van der Waals surface area contributed by atoms with Crippen LogP contribution in [-0.2, 0) is 0 Å². The van der Waals surface area contributed by atoms with E-state index in [2.05, 4.69) is 23.1 Å². The standard InChI is InChI=1S/C18H20N2/c19-18(15-9-3-1-4-10-15)16-11-5-6-12-17(16)20-13-7-2-8-14-20/h1,3-6,9-12,19H,2,7-8,13-14H2. The topological polar surface area (TPSA) is 27.1 Å². The Hall–Kier alpha value is -2.09. The zero-order valence-corrected chi connectivity index (χ0v) is 11.7. The van der Waals surface area contributed by atoms with Crippen LogP contribution in [0.15, 0.2) is 54.6 Å². The van der Waals surface area contributed by atoms with Gasteiger partial charge in [-0.3, -0.25) is 5.41 Å². The highest BCUT2D eigenvalue weighted by molar-refractivity contribution is 6.14. The predicted molar refractivity (Wildman–Crippen MR) is 84.9 cm³/mol. The van der Waals surface area contributed by atoms with Crippen molar-refractivity contribution in [1.82, 2.24) is 0 Å². The molecule has 2 aromatic rings. The Balaban J connectivity index is 1.95. The summed E-state index contributed by atoms with van der Waals surface area (Å²) in [5.41, 5.74) is 3.85. The molecule has 2 heteroatoms. The predicted octanol–water partition coefficient (Wildman–Crippen LogP) is 4.09. The molecule has 1 N–H and O–H groups in total. The summed E-state index contributed by atoms with van der Waals surface area (Å²) in [7, 11) is 0. The van der Waals surface area contributed by atoms with E-state index in [1.807, 2.05) is 36.4 Å². The third-order valence-electron chi connectivity index (χ3n) is 3.93. The van der Waals surface area contributed by atoms with E-state index in [9.17, 15) is 0 Å². The molecule has 2 aromatic carbocycles. The maximum absolute atomic E-state index is 8.50. The second-order valence-electron chi connectivity index (χ2n) is 5.31. The summed E-state index contributed by atoms with van der Waals surface area (Å²) in [6.45, 7) is 2.22. The first kappa shape index (κ1) is 12.9. The van der Waals surface area contributed by atoms with E-state index in [0.29, 0.717) is 5.71 Å². The summed E-state index contributed by atoms with van der Waals surface area (Å²) in [4.78, 5) is 2.43. The van der Waals surface area contributed by atoms with Crippen molar-refractivity contribution in [3.05, 3.63) is 65.7 Å². The fourth-order valence-corrected chi connectivity index (χ4v) is 2.86. The van der Waals surface area contributed by atoms with Crippen molar-refractivity contribution in [2.75, 3.05) is 18.0 Å². The molecule has 0 amide bonds. The summed E-state index contributed by atoms with van der Waals surface area (Å²) in [6.07, 6.45) is 3.84. The molecule has 0 radical (unpaired) electrons. The lowest BCUT2D eigenvalue weighted by Gasteiger charge is -2.30. The second-order valence-corrected chi connectivity index (χ2v) is 5.31. The molecular weight excluding hydrogens is 244 g/mol. The molecule has 20 heavy (non-hydrogen) atoms. The minimum Gasteiger partial charge on any atom is -0.371 e. The minimum atomic E-state index is 0.617. The number of anilines is 1. The highest BCUT2D eigenvalue weighted by Crippen LogP contribution is 2.26. The van der Waals surface area contributed by atoms with Crippen LogP contribution in [-0.4, -0.2) is 18.8 Å². The Bertz CT molecular complexity index is 583. The van der Waals surface area contributed by atoms with E-state index in [0.717, 1.165) is 24.2 Å². The van der Waals surface area contributed by atoms with Crippen LogP contribution < -0.4 is 4.90 Å². The largest absolute Gasteiger partial charge is 0.371 e. The van der Waals surface area contributed by atoms with Crippen LogP contribution in [0.2, 0.25) is 0 Å². The number of nitrogens with zero attached hydrogens (tertiary/aromatic N) is 1. The molecule has 0 aromatic heterocycles. The molecule has 1 heterocycles. The lowest BCUT2D eigenvalue weighted by Crippen LogP contribution is -2.30. The number of hydrogen-bond acceptors (Lipinski definition) is 2. The van der Waals surface area contributed by atoms with Crippen LogP contribution in [0.5, 0.6) is 0 Å². The van der Waals surface area contributed by atoms with Gasteiger partial charge in [0.15, 0.2) is 0 Å². The van der Waals surface area contributed by atoms with Crippen molar-refractivity contribution in [2.24, 2.45) is 0 Å². The molecule has 1 saturated heterocycles. The Morgan fingerprint density at radius 1 is 0.800 bits per heavy atom. The van der Waals surface area contributed by atoms with Gasteiger partial charge in [-0.05, 0) is 25.3 Å². The van der Waals surface area contributed by atoms with Crippen LogP contribution in [0.25, 0.3) is 0 Å². The molecule has 3 rings (SSSR count). The van der Waals surface area contributed by atoms with Gasteiger partial charge >= 0.3 is 0 Å². The van der Waals surface area contributed by atoms with Gasteiger partial charge in [-0.25, -0.2) is 0 Å². The third-order valence-corrected chi connectivity index (χ3v) is 3.93. The molecule has 2 nitrogen and oxygen atoms in total. The molecule has 1 fully saturated rings. The third kappa shape index (κ3) is 2.60. The van der Waals surface area contributed by atoms with E-state index in [-0.39, 0.29) is 0 Å². The van der Waals surface area contributed by atoms with Gasteiger partial charge in [0.25, 0.3) is 0 Å². The molecule has 0 aliphatic carbocycles. The summed E-state index contributed by atoms with van der Waals surface area (Å²) in [5, 5.41) is 8.50. The molecule has 1 aliphatic rings. The summed E-state index contributed by atoms with van der Waals surface area (Å²) >= 11 is 0. The zero-order chi connectivity index (χ0) is 13.8. The Morgan fingerprint density at radius 3 is 2.20 bits per heavy atom. The Morgan fingerprint density at radius 2 is 1.45 bits per heavy atom. The first-order valence-electron chi connectivity index (χ1n) is 7.34. The molecule has 0 atom stereocenters. The average molecular weight is 264 g/mol. The summed E-state index contributed by atoms with van der Waals surface area (Å²) < 4.78 is 0. The van der Waals surface area contributed by atoms with Crippen LogP contribution in [0.4, 0.5) is 5.69 Å². The molecule has 0 bridgehead atoms. The zero-order valence-electron chi connectivity index (χ0n) is 11.7. The normalized spacial score (nSPS) is 15.1. The monoisotopic (exact) mass is 264 g/mol. The molecule has 1 aliphatic heterocycles. The van der Waals surface area contributed by atoms with Crippen molar-refractivity contribution in [3.63, 3.8) is 0 Å². The molecule has 0 spiro atoms. The van der Waals surface area contributed by atoms with Gasteiger partial charge in [0.1, 0.15) is 0 Å². The van der Waals surface area contributed by atoms with Crippen LogP contribution in [0, 0.1) is 5.41 Å². The Kier molecular flexibility index (Phi) is 3.82. The summed E-state index contributed by atoms with van der Waals surface area (Å²) in [5.74, 6) is 0. The van der Waals surface area contributed by atoms with Crippen molar-refractivity contribution in [3.8, 4) is 0 Å². The van der Waals surface area contributed by atoms with E-state index in [1.165, 1.54) is 24.9 Å². The lowest BCUT2D eigenvalue weighted by molar-refractivity contribution is 0.577. The van der Waals surface area contributed by atoms with Gasteiger partial charge in [-0.2, -0.15) is 0 Å². The van der Waals surface area contributed by atoms with Gasteiger partial charge in [0.2, 0.25) is 0 Å². The number of benzene rings is 2. The average Bonchev–Trinajstić information content (AvgIpc) is 2.56. The fraction of sp³-hybridized carbons (Fsp3) is 0.278. The van der Waals surface area contributed by atoms with Gasteiger partial charge in [-0.15, -0.1) is 0 Å². The van der Waals surface area contributed by atoms with E-state index in [1.54, 1.807) is 0 Å². The molecule has 0 saturated carbocycles. The number of para-hydroxylation sites is 1. The first-order chi connectivity index (χ1) is 9.86. The second kappa shape index (κ2) is 5.91. The van der Waals surface area contributed by atoms with Crippen molar-refractivity contribution >= 4 is 11.4 Å². The van der Waals surface area contributed by atoms with Crippen molar-refractivity contribution < 1.29 is 0 Å². The van der Waals surface area contributed by atoms with Gasteiger partial charge in [0, 0.05) is 29.9 Å². The molecule has 102 valence electrons. The van der Waals surface area contributed by atoms with Gasteiger partial charge < -0.3 is 4.90 Å². The molecular formula is C18H20N2. The smallest absolute Gasteiger partial charge is 0.0705 e. The number of hydrogen-bond donors (Lipinski definition) is 1. The van der Waals surface area contributed by atoms with Gasteiger partial charge in [-0.1, -0.05) is 48.5 Å². The van der Waals surface area contributed by atoms with Crippen molar-refractivity contribution in [1.29, 1.82) is 5.41 Å². The van der Waals surface area contributed by atoms with Crippen molar-refractivity contribution in [2.45, 2.75) is 19.3 Å². The number of piperidine rings is 1. The SMILES string of the molecule is N=C(c1ccccc1)c1ccccc1N1CCCCC1. The first-order valence-corrected chi connectivity index (χ1v) is 7.34. The maximum atomic E-state index is 8.50. The maximum Gasteiger partial charge on any atom is 0.0705 e. The van der Waals surface area contributed by atoms with Gasteiger partial charge in [0.05, 0.1) is 5.71 Å². The minimum absolute atomic E-state index is 0.617. The van der Waals surface area contributed by atoms with Crippen LogP contribution in [0.1, 0.15) is 30.4 Å². The molecule has 0 unspecified atom stereocenters. The fourth-order valence-electron chi connectivity index (χ4n) is 2.86. The summed E-state index contributed by atoms with van der Waals surface area (Å²) in [6, 6.07) is 18.3. The number of rotatable bonds is 3. The highest BCUT2D eigenvalue weighted by atomic mass is 15.1. The van der Waals surface area contributed by atoms with E-state index >= 15 is 0 Å². The lowest BCUT2D eigenvalue weighted by atomic mass is 9.99. The Labute approximate surface area is 120 Å². The van der Waals surface area contributed by atoms with E-state index < -0.39 is 0 Å². The quantitative estimate of drug-likeness (QED) is 0.830. The number of nitrogens with one attached hydrogen (secondary N) is 1. The van der Waals surface area contributed by atoms with Crippen LogP contribution >= 0.6 is 0 Å².